The number of allylic oxidation sites excluding steroid dienone is 11. The zero-order valence-electron chi connectivity index (χ0n) is 28.6. The zero-order valence-corrected chi connectivity index (χ0v) is 28.6. The smallest absolute Gasteiger partial charge is 0.0488 e. The Balaban J connectivity index is 0.00000245. The van der Waals surface area contributed by atoms with Crippen molar-refractivity contribution in [2.45, 2.75) is 40.5 Å². The first-order chi connectivity index (χ1) is 23.0. The Kier molecular flexibility index (Phi) is 12.8. The van der Waals surface area contributed by atoms with Gasteiger partial charge in [0.2, 0.25) is 0 Å². The minimum absolute atomic E-state index is 0.928. The summed E-state index contributed by atoms with van der Waals surface area (Å²) in [5.41, 5.74) is 13.5. The first-order valence-electron chi connectivity index (χ1n) is 16.6. The van der Waals surface area contributed by atoms with Crippen LogP contribution < -0.4 is 10.2 Å². The van der Waals surface area contributed by atoms with E-state index in [0.717, 1.165) is 57.9 Å². The van der Waals surface area contributed by atoms with Crippen molar-refractivity contribution >= 4 is 33.8 Å². The average molecular weight is 617 g/mol. The topological polar surface area (TPSA) is 15.3 Å². The van der Waals surface area contributed by atoms with Crippen molar-refractivity contribution in [1.82, 2.24) is 0 Å². The summed E-state index contributed by atoms with van der Waals surface area (Å²) >= 11 is 0. The van der Waals surface area contributed by atoms with Crippen LogP contribution in [0.1, 0.15) is 57.2 Å². The molecular weight excluding hydrogens is 569 g/mol. The highest BCUT2D eigenvalue weighted by molar-refractivity contribution is 5.93. The van der Waals surface area contributed by atoms with Gasteiger partial charge in [-0.05, 0) is 103 Å². The molecule has 0 fully saturated rings. The molecule has 2 heteroatoms. The van der Waals surface area contributed by atoms with Gasteiger partial charge in [0.15, 0.2) is 0 Å². The second kappa shape index (κ2) is 17.4. The largest absolute Gasteiger partial charge is 0.355 e. The Morgan fingerprint density at radius 1 is 0.851 bits per heavy atom. The van der Waals surface area contributed by atoms with Gasteiger partial charge in [0.1, 0.15) is 0 Å². The van der Waals surface area contributed by atoms with Gasteiger partial charge in [0.25, 0.3) is 0 Å². The van der Waals surface area contributed by atoms with Gasteiger partial charge in [-0.25, -0.2) is 0 Å². The third-order valence-electron chi connectivity index (χ3n) is 8.17. The zero-order chi connectivity index (χ0) is 33.6. The Morgan fingerprint density at radius 2 is 1.57 bits per heavy atom. The summed E-state index contributed by atoms with van der Waals surface area (Å²) in [4.78, 5) is 2.28. The quantitative estimate of drug-likeness (QED) is 0.169. The molecule has 0 atom stereocenters. The maximum Gasteiger partial charge on any atom is 0.0488 e. The van der Waals surface area contributed by atoms with Gasteiger partial charge in [0, 0.05) is 40.9 Å². The molecule has 0 unspecified atom stereocenters. The minimum Gasteiger partial charge on any atom is -0.355 e. The van der Waals surface area contributed by atoms with Crippen molar-refractivity contribution < 1.29 is 0 Å². The number of hydrogen-bond acceptors (Lipinski definition) is 2. The van der Waals surface area contributed by atoms with Gasteiger partial charge < -0.3 is 10.2 Å². The van der Waals surface area contributed by atoms with Crippen LogP contribution in [0.3, 0.4) is 0 Å². The molecule has 4 aromatic carbocycles. The number of anilines is 3. The molecule has 47 heavy (non-hydrogen) atoms. The maximum atomic E-state index is 4.49. The van der Waals surface area contributed by atoms with E-state index < -0.39 is 0 Å². The lowest BCUT2D eigenvalue weighted by atomic mass is 9.94. The van der Waals surface area contributed by atoms with Crippen LogP contribution in [0.2, 0.25) is 0 Å². The van der Waals surface area contributed by atoms with Crippen LogP contribution in [0, 0.1) is 0 Å². The normalized spacial score (nSPS) is 13.0. The number of hydrogen-bond donors (Lipinski definition) is 1. The number of rotatable bonds is 11. The molecule has 2 nitrogen and oxygen atoms in total. The van der Waals surface area contributed by atoms with Gasteiger partial charge in [-0.1, -0.05) is 130 Å². The molecule has 0 saturated heterocycles. The summed E-state index contributed by atoms with van der Waals surface area (Å²) in [6.07, 6.45) is 19.1. The number of benzene rings is 4. The molecule has 0 aliphatic heterocycles. The highest BCUT2D eigenvalue weighted by atomic mass is 15.1. The van der Waals surface area contributed by atoms with Gasteiger partial charge in [0.05, 0.1) is 0 Å². The predicted octanol–water partition coefficient (Wildman–Crippen LogP) is 13.1. The fourth-order valence-electron chi connectivity index (χ4n) is 5.68. The van der Waals surface area contributed by atoms with E-state index in [2.05, 4.69) is 159 Å². The molecule has 5 rings (SSSR count). The molecule has 1 aliphatic rings. The Labute approximate surface area is 283 Å². The van der Waals surface area contributed by atoms with E-state index in [1.807, 2.05) is 45.1 Å². The summed E-state index contributed by atoms with van der Waals surface area (Å²) in [7, 11) is 2.15. The van der Waals surface area contributed by atoms with Crippen LogP contribution >= 0.6 is 0 Å². The number of para-hydroxylation sites is 1. The van der Waals surface area contributed by atoms with E-state index in [-0.39, 0.29) is 0 Å². The van der Waals surface area contributed by atoms with Crippen molar-refractivity contribution in [1.29, 1.82) is 0 Å². The molecule has 1 aliphatic carbocycles. The Morgan fingerprint density at radius 3 is 2.23 bits per heavy atom. The van der Waals surface area contributed by atoms with Crippen molar-refractivity contribution in [3.8, 4) is 11.1 Å². The van der Waals surface area contributed by atoms with E-state index >= 15 is 0 Å². The number of nitrogens with zero attached hydrogens (tertiary/aromatic N) is 1. The lowest BCUT2D eigenvalue weighted by Crippen LogP contribution is -2.11. The van der Waals surface area contributed by atoms with Gasteiger partial charge >= 0.3 is 0 Å². The van der Waals surface area contributed by atoms with E-state index in [1.54, 1.807) is 0 Å². The van der Waals surface area contributed by atoms with Crippen LogP contribution in [-0.4, -0.2) is 7.05 Å². The molecule has 0 aromatic heterocycles. The van der Waals surface area contributed by atoms with Crippen molar-refractivity contribution in [2.75, 3.05) is 17.3 Å². The average Bonchev–Trinajstić information content (AvgIpc) is 3.15. The van der Waals surface area contributed by atoms with Crippen molar-refractivity contribution in [3.05, 3.63) is 181 Å². The van der Waals surface area contributed by atoms with E-state index in [4.69, 9.17) is 0 Å². The maximum absolute atomic E-state index is 4.49. The molecule has 0 amide bonds. The summed E-state index contributed by atoms with van der Waals surface area (Å²) in [5, 5.41) is 3.48. The second-order valence-corrected chi connectivity index (χ2v) is 11.1. The van der Waals surface area contributed by atoms with Crippen LogP contribution in [0.4, 0.5) is 17.1 Å². The molecule has 0 heterocycles. The molecule has 238 valence electrons. The first kappa shape index (κ1) is 34.5. The standard InChI is InChI=1S/C43H42N2.C2H6/c1-6-17-36(30-32(4)40-22-15-16-23-42(40)44-38(7-2)8-3)37-26-29-43(41(31-37)35-20-13-10-14-21-35)45(5)39-27-24-34(25-28-39)33-18-11-9-12-19-33;1-2/h6-11,13-18,20-31,44H,2,4,12,19H2,1,3,5H3;1-2H3/b17-6-,36-30+,38-8+;. The highest BCUT2D eigenvalue weighted by Crippen LogP contribution is 2.38. The van der Waals surface area contributed by atoms with E-state index in [0.29, 0.717) is 0 Å². The third-order valence-corrected chi connectivity index (χ3v) is 8.17. The van der Waals surface area contributed by atoms with Gasteiger partial charge in [-0.3, -0.25) is 0 Å². The van der Waals surface area contributed by atoms with Crippen LogP contribution in [0.25, 0.3) is 27.8 Å². The highest BCUT2D eigenvalue weighted by Gasteiger charge is 2.15. The summed E-state index contributed by atoms with van der Waals surface area (Å²) < 4.78 is 0. The fourth-order valence-corrected chi connectivity index (χ4v) is 5.68. The molecule has 0 radical (unpaired) electrons. The summed E-state index contributed by atoms with van der Waals surface area (Å²) in [6, 6.07) is 34.6. The summed E-state index contributed by atoms with van der Waals surface area (Å²) in [5.74, 6) is 0. The lowest BCUT2D eigenvalue weighted by Gasteiger charge is -2.24. The van der Waals surface area contributed by atoms with Crippen molar-refractivity contribution in [3.63, 3.8) is 0 Å². The van der Waals surface area contributed by atoms with E-state index in [9.17, 15) is 0 Å². The van der Waals surface area contributed by atoms with Crippen LogP contribution in [0.5, 0.6) is 0 Å². The monoisotopic (exact) mass is 616 g/mol. The molecule has 4 aromatic rings. The first-order valence-corrected chi connectivity index (χ1v) is 16.6. The molecule has 0 bridgehead atoms. The molecule has 0 saturated carbocycles. The van der Waals surface area contributed by atoms with E-state index in [1.165, 1.54) is 22.3 Å². The summed E-state index contributed by atoms with van der Waals surface area (Å²) in [6.45, 7) is 16.5. The lowest BCUT2D eigenvalue weighted by molar-refractivity contribution is 1.05. The molecule has 1 N–H and O–H groups in total. The molecule has 0 spiro atoms. The number of nitrogens with one attached hydrogen (secondary N) is 1. The molecular formula is C45H48N2. The van der Waals surface area contributed by atoms with Gasteiger partial charge in [-0.2, -0.15) is 0 Å². The third kappa shape index (κ3) is 8.68. The SMILES string of the molecule is C=C/C(=C\C)Nc1ccccc1C(=C)/C=C(\C=C/C)c1ccc(N(C)c2ccc(C3=CC=CCC3)cc2)c(-c2ccccc2)c1.CC. The fraction of sp³-hybridized carbons (Fsp3) is 0.156. The van der Waals surface area contributed by atoms with Gasteiger partial charge in [-0.15, -0.1) is 0 Å². The second-order valence-electron chi connectivity index (χ2n) is 11.1. The van der Waals surface area contributed by atoms with Crippen LogP contribution in [0.15, 0.2) is 165 Å². The van der Waals surface area contributed by atoms with Crippen molar-refractivity contribution in [2.24, 2.45) is 0 Å². The van der Waals surface area contributed by atoms with Crippen LogP contribution in [-0.2, 0) is 0 Å². The Hall–Kier alpha value is -5.34. The minimum atomic E-state index is 0.928. The Bertz CT molecular complexity index is 1810. The predicted molar refractivity (Wildman–Crippen MR) is 210 cm³/mol.